The first-order valence-electron chi connectivity index (χ1n) is 11.7. The molecule has 2 nitrogen and oxygen atoms in total. The fourth-order valence-electron chi connectivity index (χ4n) is 5.15. The zero-order valence-corrected chi connectivity index (χ0v) is 20.8. The molecule has 3 heteroatoms. The van der Waals surface area contributed by atoms with Gasteiger partial charge in [-0.25, -0.2) is 0 Å². The van der Waals surface area contributed by atoms with Crippen molar-refractivity contribution in [2.45, 2.75) is 110 Å². The number of hydrogen-bond donors (Lipinski definition) is 0. The molecule has 27 heavy (non-hydrogen) atoms. The van der Waals surface area contributed by atoms with Gasteiger partial charge in [0.2, 0.25) is 0 Å². The van der Waals surface area contributed by atoms with Crippen molar-refractivity contribution in [2.24, 2.45) is 0 Å². The molecule has 1 aliphatic heterocycles. The van der Waals surface area contributed by atoms with Gasteiger partial charge >= 0.3 is 172 Å². The van der Waals surface area contributed by atoms with Crippen LogP contribution in [0.5, 0.6) is 11.5 Å². The summed E-state index contributed by atoms with van der Waals surface area (Å²) >= 11 is -2.51. The minimum atomic E-state index is -2.51. The van der Waals surface area contributed by atoms with Crippen LogP contribution in [0.25, 0.3) is 0 Å². The van der Waals surface area contributed by atoms with Crippen LogP contribution >= 0.6 is 0 Å². The average Bonchev–Trinajstić information content (AvgIpc) is 3.05. The second kappa shape index (κ2) is 9.89. The van der Waals surface area contributed by atoms with Crippen molar-refractivity contribution in [1.82, 2.24) is 0 Å². The van der Waals surface area contributed by atoms with Gasteiger partial charge in [-0.15, -0.1) is 0 Å². The molecule has 0 atom stereocenters. The summed E-state index contributed by atoms with van der Waals surface area (Å²) in [5.41, 5.74) is 0. The molecule has 1 aromatic carbocycles. The number of unbranched alkanes of at least 4 members (excludes halogenated alkanes) is 3. The van der Waals surface area contributed by atoms with E-state index in [0.717, 1.165) is 18.6 Å². The first-order valence-corrected chi connectivity index (χ1v) is 19.2. The van der Waals surface area contributed by atoms with Crippen molar-refractivity contribution in [3.63, 3.8) is 0 Å². The van der Waals surface area contributed by atoms with E-state index in [0.29, 0.717) is 0 Å². The van der Waals surface area contributed by atoms with Crippen molar-refractivity contribution in [3.8, 4) is 11.5 Å². The standard InChI is InChI=1S/C12H13O2.3C4H9.Sn/c1-4-8-12(9-5-1)13-10-6-2-3-7-11(10)14-12;3*1-3-4-2;/h2-3,6H,1,4-5,8-9H2;3*1,3-4H2,2H3;. The van der Waals surface area contributed by atoms with E-state index in [1.54, 1.807) is 3.58 Å². The van der Waals surface area contributed by atoms with E-state index in [1.165, 1.54) is 76.8 Å². The van der Waals surface area contributed by atoms with Gasteiger partial charge in [0.1, 0.15) is 0 Å². The molecular weight excluding hydrogens is 439 g/mol. The maximum absolute atomic E-state index is 6.74. The van der Waals surface area contributed by atoms with Crippen molar-refractivity contribution >= 4 is 22.0 Å². The van der Waals surface area contributed by atoms with Crippen molar-refractivity contribution < 1.29 is 9.47 Å². The van der Waals surface area contributed by atoms with Crippen LogP contribution in [0.2, 0.25) is 13.3 Å². The molecule has 3 rings (SSSR count). The number of rotatable bonds is 10. The van der Waals surface area contributed by atoms with E-state index >= 15 is 0 Å². The van der Waals surface area contributed by atoms with Gasteiger partial charge in [0.05, 0.1) is 0 Å². The van der Waals surface area contributed by atoms with Gasteiger partial charge < -0.3 is 0 Å². The van der Waals surface area contributed by atoms with Crippen LogP contribution in [0, 0.1) is 0 Å². The average molecular weight is 479 g/mol. The molecule has 0 N–H and O–H groups in total. The molecule has 1 fully saturated rings. The van der Waals surface area contributed by atoms with Crippen LogP contribution in [-0.2, 0) is 0 Å². The molecule has 1 aliphatic carbocycles. The third kappa shape index (κ3) is 4.79. The monoisotopic (exact) mass is 480 g/mol. The number of fused-ring (bicyclic) bond motifs is 1. The van der Waals surface area contributed by atoms with Gasteiger partial charge in [-0.3, -0.25) is 0 Å². The second-order valence-electron chi connectivity index (χ2n) is 8.90. The van der Waals surface area contributed by atoms with Crippen LogP contribution in [0.1, 0.15) is 91.4 Å². The van der Waals surface area contributed by atoms with Crippen LogP contribution in [0.4, 0.5) is 0 Å². The molecule has 0 bridgehead atoms. The van der Waals surface area contributed by atoms with Crippen molar-refractivity contribution in [3.05, 3.63) is 18.2 Å². The van der Waals surface area contributed by atoms with E-state index in [1.807, 2.05) is 0 Å². The molecule has 1 heterocycles. The Hall–Kier alpha value is -0.381. The van der Waals surface area contributed by atoms with E-state index in [9.17, 15) is 0 Å². The Morgan fingerprint density at radius 2 is 1.41 bits per heavy atom. The van der Waals surface area contributed by atoms with E-state index in [2.05, 4.69) is 39.0 Å². The molecule has 1 aromatic rings. The quantitative estimate of drug-likeness (QED) is 0.331. The Morgan fingerprint density at radius 3 is 1.96 bits per heavy atom. The summed E-state index contributed by atoms with van der Waals surface area (Å²) < 4.78 is 19.3. The van der Waals surface area contributed by atoms with Gasteiger partial charge in [0.15, 0.2) is 0 Å². The molecule has 1 spiro atoms. The summed E-state index contributed by atoms with van der Waals surface area (Å²) in [4.78, 5) is 0. The van der Waals surface area contributed by atoms with Crippen LogP contribution in [-0.4, -0.2) is 24.2 Å². The van der Waals surface area contributed by atoms with Crippen molar-refractivity contribution in [1.29, 1.82) is 0 Å². The zero-order valence-electron chi connectivity index (χ0n) is 17.9. The summed E-state index contributed by atoms with van der Waals surface area (Å²) in [6.07, 6.45) is 14.0. The molecule has 0 radical (unpaired) electrons. The van der Waals surface area contributed by atoms with E-state index in [4.69, 9.17) is 9.47 Å². The predicted molar refractivity (Wildman–Crippen MR) is 118 cm³/mol. The Kier molecular flexibility index (Phi) is 7.81. The van der Waals surface area contributed by atoms with Crippen LogP contribution < -0.4 is 13.1 Å². The Labute approximate surface area is 171 Å². The summed E-state index contributed by atoms with van der Waals surface area (Å²) in [5, 5.41) is 0. The first-order chi connectivity index (χ1) is 13.2. The van der Waals surface area contributed by atoms with Gasteiger partial charge in [-0.2, -0.15) is 0 Å². The molecule has 2 aliphatic rings. The first kappa shape index (κ1) is 21.3. The molecule has 1 saturated carbocycles. The zero-order chi connectivity index (χ0) is 19.2. The number of benzene rings is 1. The third-order valence-corrected chi connectivity index (χ3v) is 22.4. The van der Waals surface area contributed by atoms with Gasteiger partial charge in [0.25, 0.3) is 0 Å². The van der Waals surface area contributed by atoms with Crippen LogP contribution in [0.15, 0.2) is 18.2 Å². The van der Waals surface area contributed by atoms with Gasteiger partial charge in [-0.05, 0) is 0 Å². The summed E-state index contributed by atoms with van der Waals surface area (Å²) in [7, 11) is 0. The minimum absolute atomic E-state index is 0.339. The number of ether oxygens (including phenoxy) is 2. The molecule has 0 aromatic heterocycles. The number of hydrogen-bond acceptors (Lipinski definition) is 2. The molecule has 0 saturated heterocycles. The molecule has 0 unspecified atom stereocenters. The molecular formula is C24H40O2Sn. The van der Waals surface area contributed by atoms with Crippen LogP contribution in [0.3, 0.4) is 0 Å². The fraction of sp³-hybridized carbons (Fsp3) is 0.750. The normalized spacial score (nSPS) is 18.2. The maximum atomic E-state index is 6.74. The Bertz CT molecular complexity index is 570. The second-order valence-corrected chi connectivity index (χ2v) is 22.0. The SMILES string of the molecule is CCC[CH2][Sn]([CH2]CCC)([CH2]CCC)[c]1cccc2c1OC1(CCCCC1)O2. The summed E-state index contributed by atoms with van der Waals surface area (Å²) in [5.74, 6) is 1.90. The predicted octanol–water partition coefficient (Wildman–Crippen LogP) is 7.17. The topological polar surface area (TPSA) is 18.5 Å². The van der Waals surface area contributed by atoms with Gasteiger partial charge in [-0.1, -0.05) is 0 Å². The third-order valence-electron chi connectivity index (χ3n) is 6.78. The summed E-state index contributed by atoms with van der Waals surface area (Å²) in [6.45, 7) is 7.05. The Morgan fingerprint density at radius 1 is 0.815 bits per heavy atom. The Balaban J connectivity index is 1.96. The van der Waals surface area contributed by atoms with E-state index in [-0.39, 0.29) is 5.79 Å². The molecule has 0 amide bonds. The summed E-state index contributed by atoms with van der Waals surface area (Å²) in [6, 6.07) is 6.87. The number of para-hydroxylation sites is 1. The van der Waals surface area contributed by atoms with Gasteiger partial charge in [0, 0.05) is 0 Å². The van der Waals surface area contributed by atoms with E-state index < -0.39 is 18.4 Å². The molecule has 152 valence electrons. The fourth-order valence-corrected chi connectivity index (χ4v) is 21.6. The van der Waals surface area contributed by atoms with Crippen molar-refractivity contribution in [2.75, 3.05) is 0 Å².